The van der Waals surface area contributed by atoms with Crippen LogP contribution in [-0.2, 0) is 22.5 Å². The maximum absolute atomic E-state index is 14.3. The fourth-order valence-corrected chi connectivity index (χ4v) is 5.71. The normalized spacial score (nSPS) is 25.8. The molecule has 0 aliphatic carbocycles. The lowest BCUT2D eigenvalue weighted by atomic mass is 9.79. The van der Waals surface area contributed by atoms with Crippen LogP contribution in [0.4, 0.5) is 10.3 Å². The summed E-state index contributed by atoms with van der Waals surface area (Å²) in [5, 5.41) is 3.54. The van der Waals surface area contributed by atoms with Crippen LogP contribution >= 0.6 is 11.6 Å². The Morgan fingerprint density at radius 3 is 2.83 bits per heavy atom. The quantitative estimate of drug-likeness (QED) is 0.686. The maximum atomic E-state index is 14.3. The van der Waals surface area contributed by atoms with E-state index in [9.17, 15) is 9.18 Å². The number of rotatable bonds is 4. The Hall–Kier alpha value is -2.29. The second kappa shape index (κ2) is 10.4. The third-order valence-corrected chi connectivity index (χ3v) is 7.97. The van der Waals surface area contributed by atoms with Gasteiger partial charge in [0.05, 0.1) is 17.3 Å². The molecule has 3 aliphatic heterocycles. The van der Waals surface area contributed by atoms with E-state index in [1.165, 1.54) is 6.07 Å². The summed E-state index contributed by atoms with van der Waals surface area (Å²) in [4.78, 5) is 27.4. The Morgan fingerprint density at radius 1 is 1.26 bits per heavy atom. The molecule has 2 aromatic rings. The van der Waals surface area contributed by atoms with Crippen molar-refractivity contribution in [3.05, 3.63) is 52.1 Å². The number of carbonyl (C=O) groups is 1. The van der Waals surface area contributed by atoms with Crippen LogP contribution in [0.15, 0.2) is 24.4 Å². The largest absolute Gasteiger partial charge is 0.381 e. The Morgan fingerprint density at radius 2 is 2.06 bits per heavy atom. The molecule has 5 rings (SSSR count). The van der Waals surface area contributed by atoms with Crippen LogP contribution in [0, 0.1) is 11.7 Å². The van der Waals surface area contributed by atoms with Crippen molar-refractivity contribution in [1.29, 1.82) is 0 Å². The molecule has 0 radical (unpaired) electrons. The van der Waals surface area contributed by atoms with Crippen molar-refractivity contribution in [2.45, 2.75) is 57.2 Å². The first kappa shape index (κ1) is 24.4. The number of halogens is 2. The van der Waals surface area contributed by atoms with Gasteiger partial charge in [0.15, 0.2) is 0 Å². The molecule has 1 amide bonds. The van der Waals surface area contributed by atoms with Crippen LogP contribution < -0.4 is 5.32 Å². The van der Waals surface area contributed by atoms with E-state index in [1.807, 2.05) is 24.2 Å². The van der Waals surface area contributed by atoms with Gasteiger partial charge in [0.2, 0.25) is 11.9 Å². The predicted molar refractivity (Wildman–Crippen MR) is 133 cm³/mol. The molecule has 9 heteroatoms. The van der Waals surface area contributed by atoms with E-state index in [4.69, 9.17) is 21.3 Å². The fourth-order valence-electron chi connectivity index (χ4n) is 5.59. The molecule has 0 saturated carbocycles. The molecule has 1 N–H and O–H groups in total. The Bertz CT molecular complexity index is 1080. The predicted octanol–water partition coefficient (Wildman–Crippen LogP) is 3.87. The zero-order chi connectivity index (χ0) is 24.5. The van der Waals surface area contributed by atoms with Gasteiger partial charge in [0.1, 0.15) is 5.82 Å². The van der Waals surface area contributed by atoms with Gasteiger partial charge in [-0.25, -0.2) is 14.4 Å². The molecular formula is C26H33ClFN5O2. The Labute approximate surface area is 211 Å². The number of benzene rings is 1. The van der Waals surface area contributed by atoms with Gasteiger partial charge in [-0.1, -0.05) is 17.7 Å². The number of likely N-dealkylation sites (tertiary alicyclic amines) is 1. The topological polar surface area (TPSA) is 70.6 Å². The number of amides is 1. The Kier molecular flexibility index (Phi) is 7.23. The summed E-state index contributed by atoms with van der Waals surface area (Å²) in [5.74, 6) is 0.000828. The van der Waals surface area contributed by atoms with Gasteiger partial charge in [0, 0.05) is 49.9 Å². The lowest BCUT2D eigenvalue weighted by Crippen LogP contribution is -2.50. The molecule has 0 spiro atoms. The number of hydrogen-bond acceptors (Lipinski definition) is 6. The number of hydrogen-bond donors (Lipinski definition) is 1. The summed E-state index contributed by atoms with van der Waals surface area (Å²) in [6.45, 7) is 5.59. The summed E-state index contributed by atoms with van der Waals surface area (Å²) in [7, 11) is 2.05. The molecule has 35 heavy (non-hydrogen) atoms. The third-order valence-electron chi connectivity index (χ3n) is 7.66. The van der Waals surface area contributed by atoms with Crippen LogP contribution in [-0.4, -0.2) is 71.1 Å². The van der Waals surface area contributed by atoms with Crippen LogP contribution in [0.1, 0.15) is 48.9 Å². The summed E-state index contributed by atoms with van der Waals surface area (Å²) in [6.07, 6.45) is 5.24. The third kappa shape index (κ3) is 5.29. The molecule has 7 nitrogen and oxygen atoms in total. The molecule has 0 unspecified atom stereocenters. The number of aromatic nitrogens is 2. The highest BCUT2D eigenvalue weighted by Gasteiger charge is 2.39. The lowest BCUT2D eigenvalue weighted by Gasteiger charge is -2.42. The molecule has 2 saturated heterocycles. The van der Waals surface area contributed by atoms with Crippen molar-refractivity contribution >= 4 is 23.5 Å². The highest BCUT2D eigenvalue weighted by Crippen LogP contribution is 2.36. The molecule has 1 aromatic heterocycles. The minimum Gasteiger partial charge on any atom is -0.381 e. The molecule has 0 bridgehead atoms. The smallest absolute Gasteiger partial charge is 0.227 e. The van der Waals surface area contributed by atoms with Gasteiger partial charge < -0.3 is 19.9 Å². The number of nitrogens with one attached hydrogen (secondary N) is 1. The van der Waals surface area contributed by atoms with Crippen molar-refractivity contribution in [1.82, 2.24) is 19.8 Å². The van der Waals surface area contributed by atoms with Gasteiger partial charge in [0.25, 0.3) is 0 Å². The highest BCUT2D eigenvalue weighted by atomic mass is 35.5. The van der Waals surface area contributed by atoms with E-state index in [1.54, 1.807) is 6.07 Å². The number of anilines is 1. The van der Waals surface area contributed by atoms with Gasteiger partial charge >= 0.3 is 0 Å². The van der Waals surface area contributed by atoms with E-state index in [0.717, 1.165) is 62.3 Å². The van der Waals surface area contributed by atoms with Gasteiger partial charge in [-0.15, -0.1) is 0 Å². The SMILES string of the molecule is C[C@@H]1Cc2cnc(NC3CCOCC3)nc2CN1C(=O)[C@H]1CCN(C)C[C@@H]1c1ccc(Cl)c(F)c1. The van der Waals surface area contributed by atoms with Crippen molar-refractivity contribution in [3.8, 4) is 0 Å². The second-order valence-corrected chi connectivity index (χ2v) is 10.6. The molecule has 188 valence electrons. The lowest BCUT2D eigenvalue weighted by molar-refractivity contribution is -0.141. The van der Waals surface area contributed by atoms with Crippen molar-refractivity contribution in [2.75, 3.05) is 38.7 Å². The average Bonchev–Trinajstić information content (AvgIpc) is 2.85. The van der Waals surface area contributed by atoms with E-state index < -0.39 is 5.82 Å². The monoisotopic (exact) mass is 501 g/mol. The number of likely N-dealkylation sites (N-methyl/N-ethyl adjacent to an activating group) is 1. The van der Waals surface area contributed by atoms with Crippen molar-refractivity contribution in [3.63, 3.8) is 0 Å². The average molecular weight is 502 g/mol. The van der Waals surface area contributed by atoms with Gasteiger partial charge in [-0.2, -0.15) is 0 Å². The first-order valence-electron chi connectivity index (χ1n) is 12.5. The number of ether oxygens (including phenoxy) is 1. The summed E-state index contributed by atoms with van der Waals surface area (Å²) in [6, 6.07) is 5.29. The minimum atomic E-state index is -0.440. The number of nitrogens with zero attached hydrogens (tertiary/aromatic N) is 4. The van der Waals surface area contributed by atoms with Gasteiger partial charge in [-0.3, -0.25) is 4.79 Å². The Balaban J connectivity index is 1.35. The molecular weight excluding hydrogens is 469 g/mol. The fraction of sp³-hybridized carbons (Fsp3) is 0.577. The molecule has 3 atom stereocenters. The van der Waals surface area contributed by atoms with E-state index in [2.05, 4.69) is 22.1 Å². The highest BCUT2D eigenvalue weighted by molar-refractivity contribution is 6.30. The standard InChI is InChI=1S/C26H33ClFN5O2/c1-16-11-18-13-29-26(30-19-6-9-35-10-7-19)31-24(18)15-33(16)25(34)20-5-8-32(2)14-21(20)17-3-4-22(27)23(28)12-17/h3-4,12-13,16,19-21H,5-11,14-15H2,1-2H3,(H,29,30,31)/t16-,20+,21-/m1/s1. The number of piperidine rings is 1. The van der Waals surface area contributed by atoms with E-state index >= 15 is 0 Å². The number of fused-ring (bicyclic) bond motifs is 1. The second-order valence-electron chi connectivity index (χ2n) is 10.2. The minimum absolute atomic E-state index is 0.0511. The zero-order valence-corrected chi connectivity index (χ0v) is 21.1. The first-order chi connectivity index (χ1) is 16.9. The molecule has 2 fully saturated rings. The van der Waals surface area contributed by atoms with Crippen molar-refractivity contribution < 1.29 is 13.9 Å². The summed E-state index contributed by atoms with van der Waals surface area (Å²) < 4.78 is 19.7. The molecule has 1 aromatic carbocycles. The number of carbonyl (C=O) groups excluding carboxylic acids is 1. The first-order valence-corrected chi connectivity index (χ1v) is 12.9. The zero-order valence-electron chi connectivity index (χ0n) is 20.3. The van der Waals surface area contributed by atoms with Crippen LogP contribution in [0.2, 0.25) is 5.02 Å². The van der Waals surface area contributed by atoms with Crippen LogP contribution in [0.5, 0.6) is 0 Å². The van der Waals surface area contributed by atoms with Crippen LogP contribution in [0.25, 0.3) is 0 Å². The van der Waals surface area contributed by atoms with Crippen LogP contribution in [0.3, 0.4) is 0 Å². The van der Waals surface area contributed by atoms with Crippen molar-refractivity contribution in [2.24, 2.45) is 5.92 Å². The van der Waals surface area contributed by atoms with E-state index in [0.29, 0.717) is 25.1 Å². The van der Waals surface area contributed by atoms with E-state index in [-0.39, 0.29) is 28.8 Å². The molecule has 3 aliphatic rings. The van der Waals surface area contributed by atoms with Gasteiger partial charge in [-0.05, 0) is 69.5 Å². The molecule has 4 heterocycles. The summed E-state index contributed by atoms with van der Waals surface area (Å²) in [5.41, 5.74) is 2.83. The maximum Gasteiger partial charge on any atom is 0.227 e. The summed E-state index contributed by atoms with van der Waals surface area (Å²) >= 11 is 5.93.